The van der Waals surface area contributed by atoms with Crippen LogP contribution in [0.1, 0.15) is 17.5 Å². The summed E-state index contributed by atoms with van der Waals surface area (Å²) in [5, 5.41) is 2.87. The first-order chi connectivity index (χ1) is 12.1. The molecular formula is C18H27N3O4S. The molecule has 1 fully saturated rings. The third-order valence-electron chi connectivity index (χ3n) is 4.85. The molecule has 1 aromatic carbocycles. The zero-order valence-electron chi connectivity index (χ0n) is 15.8. The molecule has 1 aliphatic heterocycles. The van der Waals surface area contributed by atoms with Crippen LogP contribution in [0.25, 0.3) is 0 Å². The van der Waals surface area contributed by atoms with Crippen molar-refractivity contribution in [1.82, 2.24) is 9.80 Å². The van der Waals surface area contributed by atoms with Crippen molar-refractivity contribution in [2.45, 2.75) is 26.3 Å². The van der Waals surface area contributed by atoms with Crippen LogP contribution in [-0.2, 0) is 19.4 Å². The molecular weight excluding hydrogens is 354 g/mol. The number of carbonyl (C=O) groups excluding carboxylic acids is 2. The second-order valence-corrected chi connectivity index (χ2v) is 9.26. The molecule has 0 aromatic heterocycles. The van der Waals surface area contributed by atoms with Crippen LogP contribution < -0.4 is 5.32 Å². The number of carbonyl (C=O) groups is 2. The third kappa shape index (κ3) is 5.28. The minimum atomic E-state index is -3.04. The maximum absolute atomic E-state index is 12.3. The first-order valence-corrected chi connectivity index (χ1v) is 10.4. The molecule has 2 amide bonds. The van der Waals surface area contributed by atoms with Gasteiger partial charge in [0.1, 0.15) is 0 Å². The average Bonchev–Trinajstić information content (AvgIpc) is 2.90. The summed E-state index contributed by atoms with van der Waals surface area (Å²) in [5.41, 5.74) is 2.88. The fraction of sp³-hybridized carbons (Fsp3) is 0.556. The van der Waals surface area contributed by atoms with Crippen molar-refractivity contribution >= 4 is 27.3 Å². The smallest absolute Gasteiger partial charge is 0.238 e. The standard InChI is InChI=1S/C18H27N3O4S/c1-13-6-5-7-16(14(13)2)19-17(22)10-20(3)11-18(23)21(4)15-8-9-26(24,25)12-15/h5-7,15H,8-12H2,1-4H3,(H,19,22)/t15-/m0/s1. The predicted molar refractivity (Wildman–Crippen MR) is 102 cm³/mol. The van der Waals surface area contributed by atoms with Crippen molar-refractivity contribution in [3.05, 3.63) is 29.3 Å². The Morgan fingerprint density at radius 3 is 2.50 bits per heavy atom. The number of nitrogens with one attached hydrogen (secondary N) is 1. The summed E-state index contributed by atoms with van der Waals surface area (Å²) >= 11 is 0. The minimum Gasteiger partial charge on any atom is -0.341 e. The lowest BCUT2D eigenvalue weighted by atomic mass is 10.1. The van der Waals surface area contributed by atoms with Gasteiger partial charge in [-0.05, 0) is 44.5 Å². The number of anilines is 1. The quantitative estimate of drug-likeness (QED) is 0.788. The van der Waals surface area contributed by atoms with Gasteiger partial charge in [0.2, 0.25) is 11.8 Å². The minimum absolute atomic E-state index is 0.0199. The molecule has 0 radical (unpaired) electrons. The molecule has 1 atom stereocenters. The highest BCUT2D eigenvalue weighted by molar-refractivity contribution is 7.91. The number of benzene rings is 1. The van der Waals surface area contributed by atoms with E-state index in [-0.39, 0.29) is 42.5 Å². The fourth-order valence-corrected chi connectivity index (χ4v) is 4.78. The number of hydrogen-bond acceptors (Lipinski definition) is 5. The van der Waals surface area contributed by atoms with Crippen LogP contribution >= 0.6 is 0 Å². The van der Waals surface area contributed by atoms with E-state index in [9.17, 15) is 18.0 Å². The van der Waals surface area contributed by atoms with Crippen LogP contribution in [0.2, 0.25) is 0 Å². The molecule has 2 rings (SSSR count). The molecule has 0 unspecified atom stereocenters. The highest BCUT2D eigenvalue weighted by atomic mass is 32.2. The topological polar surface area (TPSA) is 86.8 Å². The van der Waals surface area contributed by atoms with Crippen molar-refractivity contribution in [2.75, 3.05) is 44.0 Å². The second kappa shape index (κ2) is 8.18. The summed E-state index contributed by atoms with van der Waals surface area (Å²) in [6.07, 6.45) is 0.474. The fourth-order valence-electron chi connectivity index (χ4n) is 3.00. The highest BCUT2D eigenvalue weighted by Crippen LogP contribution is 2.18. The number of rotatable bonds is 6. The first kappa shape index (κ1) is 20.4. The Hall–Kier alpha value is -1.93. The third-order valence-corrected chi connectivity index (χ3v) is 6.60. The Balaban J connectivity index is 1.85. The molecule has 1 saturated heterocycles. The highest BCUT2D eigenvalue weighted by Gasteiger charge is 2.32. The summed E-state index contributed by atoms with van der Waals surface area (Å²) in [4.78, 5) is 27.7. The van der Waals surface area contributed by atoms with E-state index in [0.29, 0.717) is 6.42 Å². The van der Waals surface area contributed by atoms with Gasteiger partial charge in [-0.3, -0.25) is 14.5 Å². The number of hydrogen-bond donors (Lipinski definition) is 1. The van der Waals surface area contributed by atoms with Crippen LogP contribution in [0.15, 0.2) is 18.2 Å². The molecule has 1 aromatic rings. The van der Waals surface area contributed by atoms with Gasteiger partial charge in [-0.15, -0.1) is 0 Å². The zero-order chi connectivity index (χ0) is 19.5. The van der Waals surface area contributed by atoms with Gasteiger partial charge >= 0.3 is 0 Å². The molecule has 144 valence electrons. The van der Waals surface area contributed by atoms with Gasteiger partial charge in [-0.1, -0.05) is 12.1 Å². The van der Waals surface area contributed by atoms with Gasteiger partial charge in [0, 0.05) is 18.8 Å². The first-order valence-electron chi connectivity index (χ1n) is 8.60. The Bertz CT molecular complexity index is 792. The normalized spacial score (nSPS) is 18.7. The van der Waals surface area contributed by atoms with E-state index in [4.69, 9.17) is 0 Å². The van der Waals surface area contributed by atoms with Gasteiger partial charge in [0.05, 0.1) is 24.6 Å². The number of aryl methyl sites for hydroxylation is 1. The Labute approximate surface area is 155 Å². The summed E-state index contributed by atoms with van der Waals surface area (Å²) in [7, 11) is 0.282. The average molecular weight is 381 g/mol. The van der Waals surface area contributed by atoms with E-state index >= 15 is 0 Å². The lowest BCUT2D eigenvalue weighted by Gasteiger charge is -2.26. The van der Waals surface area contributed by atoms with Crippen molar-refractivity contribution in [2.24, 2.45) is 0 Å². The summed E-state index contributed by atoms with van der Waals surface area (Å²) in [5.74, 6) is -0.232. The lowest BCUT2D eigenvalue weighted by molar-refractivity contribution is -0.132. The van der Waals surface area contributed by atoms with Gasteiger partial charge < -0.3 is 10.2 Å². The lowest BCUT2D eigenvalue weighted by Crippen LogP contribution is -2.44. The monoisotopic (exact) mass is 381 g/mol. The molecule has 1 aliphatic rings. The molecule has 0 saturated carbocycles. The largest absolute Gasteiger partial charge is 0.341 e. The van der Waals surface area contributed by atoms with E-state index in [0.717, 1.165) is 16.8 Å². The SMILES string of the molecule is Cc1cccc(NC(=O)CN(C)CC(=O)N(C)[C@H]2CCS(=O)(=O)C2)c1C. The molecule has 8 heteroatoms. The van der Waals surface area contributed by atoms with Crippen LogP contribution in [0.5, 0.6) is 0 Å². The van der Waals surface area contributed by atoms with Gasteiger partial charge in [-0.2, -0.15) is 0 Å². The van der Waals surface area contributed by atoms with Crippen LogP contribution in [0.4, 0.5) is 5.69 Å². The summed E-state index contributed by atoms with van der Waals surface area (Å²) < 4.78 is 23.1. The van der Waals surface area contributed by atoms with Gasteiger partial charge in [0.15, 0.2) is 9.84 Å². The molecule has 0 bridgehead atoms. The molecule has 0 aliphatic carbocycles. The van der Waals surface area contributed by atoms with Crippen molar-refractivity contribution in [1.29, 1.82) is 0 Å². The Morgan fingerprint density at radius 1 is 1.19 bits per heavy atom. The van der Waals surface area contributed by atoms with E-state index in [1.807, 2.05) is 32.0 Å². The van der Waals surface area contributed by atoms with Crippen LogP contribution in [0.3, 0.4) is 0 Å². The van der Waals surface area contributed by atoms with Crippen molar-refractivity contribution < 1.29 is 18.0 Å². The number of nitrogens with zero attached hydrogens (tertiary/aromatic N) is 2. The van der Waals surface area contributed by atoms with Crippen molar-refractivity contribution in [3.63, 3.8) is 0 Å². The van der Waals surface area contributed by atoms with E-state index < -0.39 is 9.84 Å². The molecule has 26 heavy (non-hydrogen) atoms. The van der Waals surface area contributed by atoms with E-state index in [2.05, 4.69) is 5.32 Å². The summed E-state index contributed by atoms with van der Waals surface area (Å²) in [6, 6.07) is 5.44. The summed E-state index contributed by atoms with van der Waals surface area (Å²) in [6.45, 7) is 4.07. The Kier molecular flexibility index (Phi) is 6.41. The maximum atomic E-state index is 12.3. The Morgan fingerprint density at radius 2 is 1.88 bits per heavy atom. The number of amides is 2. The van der Waals surface area contributed by atoms with Crippen LogP contribution in [0, 0.1) is 13.8 Å². The maximum Gasteiger partial charge on any atom is 0.238 e. The molecule has 0 spiro atoms. The van der Waals surface area contributed by atoms with Gasteiger partial charge in [-0.25, -0.2) is 8.42 Å². The predicted octanol–water partition coefficient (Wildman–Crippen LogP) is 0.819. The van der Waals surface area contributed by atoms with Crippen LogP contribution in [-0.4, -0.2) is 74.8 Å². The number of likely N-dealkylation sites (N-methyl/N-ethyl adjacent to an activating group) is 2. The molecule has 1 N–H and O–H groups in total. The van der Waals surface area contributed by atoms with Crippen molar-refractivity contribution in [3.8, 4) is 0 Å². The van der Waals surface area contributed by atoms with E-state index in [1.54, 1.807) is 19.0 Å². The molecule has 7 nitrogen and oxygen atoms in total. The second-order valence-electron chi connectivity index (χ2n) is 7.03. The van der Waals surface area contributed by atoms with E-state index in [1.165, 1.54) is 4.90 Å². The number of sulfone groups is 1. The molecule has 1 heterocycles. The zero-order valence-corrected chi connectivity index (χ0v) is 16.6. The van der Waals surface area contributed by atoms with Gasteiger partial charge in [0.25, 0.3) is 0 Å².